The van der Waals surface area contributed by atoms with E-state index in [1.165, 1.54) is 28.4 Å². The van der Waals surface area contributed by atoms with Gasteiger partial charge in [-0.15, -0.1) is 23.5 Å². The number of nitrogens with zero attached hydrogens (tertiary/aromatic N) is 3. The molecule has 1 aromatic heterocycles. The largest absolute Gasteiger partial charge is 0.360 e. The number of rotatable bonds is 7. The summed E-state index contributed by atoms with van der Waals surface area (Å²) in [6.07, 6.45) is 0. The van der Waals surface area contributed by atoms with Gasteiger partial charge in [0.15, 0.2) is 5.82 Å². The van der Waals surface area contributed by atoms with Crippen molar-refractivity contribution in [2.24, 2.45) is 0 Å². The molecule has 2 unspecified atom stereocenters. The van der Waals surface area contributed by atoms with Crippen molar-refractivity contribution in [2.75, 3.05) is 28.0 Å². The first kappa shape index (κ1) is 22.7. The van der Waals surface area contributed by atoms with E-state index in [4.69, 9.17) is 9.78 Å². The summed E-state index contributed by atoms with van der Waals surface area (Å²) in [5.41, 5.74) is 1.07. The van der Waals surface area contributed by atoms with Crippen LogP contribution in [0, 0.1) is 18.3 Å². The first-order valence-corrected chi connectivity index (χ1v) is 11.6. The van der Waals surface area contributed by atoms with E-state index < -0.39 is 11.3 Å². The lowest BCUT2D eigenvalue weighted by Gasteiger charge is -2.23. The number of hydrogen-bond donors (Lipinski definition) is 2. The second-order valence-electron chi connectivity index (χ2n) is 6.82. The van der Waals surface area contributed by atoms with Gasteiger partial charge in [-0.3, -0.25) is 14.4 Å². The fourth-order valence-electron chi connectivity index (χ4n) is 2.77. The number of hydrogen-bond acceptors (Lipinski definition) is 8. The zero-order chi connectivity index (χ0) is 22.4. The average Bonchev–Trinajstić information content (AvgIpc) is 3.41. The van der Waals surface area contributed by atoms with Crippen LogP contribution in [0.1, 0.15) is 18.2 Å². The van der Waals surface area contributed by atoms with Crippen LogP contribution in [-0.4, -0.2) is 56.5 Å². The summed E-state index contributed by atoms with van der Waals surface area (Å²) in [5.74, 6) is 1.15. The van der Waals surface area contributed by atoms with Crippen molar-refractivity contribution >= 4 is 52.8 Å². The number of nitriles is 1. The van der Waals surface area contributed by atoms with Crippen molar-refractivity contribution in [1.82, 2.24) is 10.1 Å². The standard InChI is InChI=1S/C20H21N5O4S2/c1-12-7-17(24-29-12)23-19(27)13(2)31-10-18(26)25-11-30-9-16(25)20(28)22-15-5-3-14(8-21)4-6-15/h3-7,13,16H,9-11H2,1-2H3,(H,22,28)(H,23,24,27). The van der Waals surface area contributed by atoms with Crippen LogP contribution in [-0.2, 0) is 14.4 Å². The predicted molar refractivity (Wildman–Crippen MR) is 120 cm³/mol. The van der Waals surface area contributed by atoms with Crippen molar-refractivity contribution in [3.05, 3.63) is 41.7 Å². The molecule has 1 fully saturated rings. The molecule has 11 heteroatoms. The Morgan fingerprint density at radius 2 is 2.10 bits per heavy atom. The Kier molecular flexibility index (Phi) is 7.59. The van der Waals surface area contributed by atoms with Crippen molar-refractivity contribution in [1.29, 1.82) is 5.26 Å². The molecule has 0 saturated carbocycles. The van der Waals surface area contributed by atoms with Gasteiger partial charge in [0.2, 0.25) is 17.7 Å². The molecule has 1 aliphatic heterocycles. The molecule has 2 atom stereocenters. The van der Waals surface area contributed by atoms with E-state index in [0.29, 0.717) is 34.5 Å². The Hall–Kier alpha value is -2.97. The van der Waals surface area contributed by atoms with Crippen LogP contribution in [0.3, 0.4) is 0 Å². The monoisotopic (exact) mass is 459 g/mol. The number of amides is 3. The molecular weight excluding hydrogens is 438 g/mol. The van der Waals surface area contributed by atoms with E-state index in [1.54, 1.807) is 44.2 Å². The Morgan fingerprint density at radius 3 is 2.74 bits per heavy atom. The number of thioether (sulfide) groups is 2. The Balaban J connectivity index is 1.50. The topological polar surface area (TPSA) is 128 Å². The molecule has 2 N–H and O–H groups in total. The fourth-order valence-corrected chi connectivity index (χ4v) is 4.72. The van der Waals surface area contributed by atoms with Crippen LogP contribution in [0.5, 0.6) is 0 Å². The molecule has 9 nitrogen and oxygen atoms in total. The van der Waals surface area contributed by atoms with Gasteiger partial charge in [0.25, 0.3) is 0 Å². The molecule has 1 aliphatic rings. The molecule has 0 bridgehead atoms. The van der Waals surface area contributed by atoms with Gasteiger partial charge < -0.3 is 20.1 Å². The minimum atomic E-state index is -0.587. The molecule has 162 valence electrons. The predicted octanol–water partition coefficient (Wildman–Crippen LogP) is 2.46. The summed E-state index contributed by atoms with van der Waals surface area (Å²) in [5, 5.41) is 17.5. The summed E-state index contributed by atoms with van der Waals surface area (Å²) in [7, 11) is 0. The Labute approximate surface area is 187 Å². The summed E-state index contributed by atoms with van der Waals surface area (Å²) < 4.78 is 4.91. The quantitative estimate of drug-likeness (QED) is 0.646. The van der Waals surface area contributed by atoms with Crippen LogP contribution in [0.15, 0.2) is 34.9 Å². The molecule has 31 heavy (non-hydrogen) atoms. The van der Waals surface area contributed by atoms with E-state index in [2.05, 4.69) is 15.8 Å². The number of aromatic nitrogens is 1. The third kappa shape index (κ3) is 6.02. The van der Waals surface area contributed by atoms with Crippen LogP contribution < -0.4 is 10.6 Å². The van der Waals surface area contributed by atoms with E-state index >= 15 is 0 Å². The lowest BCUT2D eigenvalue weighted by atomic mass is 10.2. The Bertz CT molecular complexity index is 1000. The van der Waals surface area contributed by atoms with E-state index in [9.17, 15) is 14.4 Å². The van der Waals surface area contributed by atoms with Crippen molar-refractivity contribution in [3.63, 3.8) is 0 Å². The minimum absolute atomic E-state index is 0.0770. The van der Waals surface area contributed by atoms with Gasteiger partial charge in [-0.1, -0.05) is 5.16 Å². The highest BCUT2D eigenvalue weighted by atomic mass is 32.2. The highest BCUT2D eigenvalue weighted by molar-refractivity contribution is 8.01. The first-order chi connectivity index (χ1) is 14.9. The summed E-state index contributed by atoms with van der Waals surface area (Å²) in [4.78, 5) is 39.1. The number of anilines is 2. The number of nitrogens with one attached hydrogen (secondary N) is 2. The number of carbonyl (C=O) groups is 3. The van der Waals surface area contributed by atoms with Gasteiger partial charge in [0.05, 0.1) is 28.5 Å². The van der Waals surface area contributed by atoms with E-state index in [0.717, 1.165) is 0 Å². The third-order valence-electron chi connectivity index (χ3n) is 4.49. The van der Waals surface area contributed by atoms with Crippen LogP contribution in [0.4, 0.5) is 11.5 Å². The minimum Gasteiger partial charge on any atom is -0.360 e. The van der Waals surface area contributed by atoms with Gasteiger partial charge in [-0.05, 0) is 38.1 Å². The Morgan fingerprint density at radius 1 is 1.35 bits per heavy atom. The number of benzene rings is 1. The number of carbonyl (C=O) groups excluding carboxylic acids is 3. The maximum Gasteiger partial charge on any atom is 0.248 e. The molecule has 0 radical (unpaired) electrons. The average molecular weight is 460 g/mol. The van der Waals surface area contributed by atoms with Crippen LogP contribution in [0.2, 0.25) is 0 Å². The molecule has 1 aromatic carbocycles. The molecule has 3 amide bonds. The second-order valence-corrected chi connectivity index (χ2v) is 9.15. The molecule has 1 saturated heterocycles. The van der Waals surface area contributed by atoms with Gasteiger partial charge >= 0.3 is 0 Å². The first-order valence-electron chi connectivity index (χ1n) is 9.41. The SMILES string of the molecule is Cc1cc(NC(=O)C(C)SCC(=O)N2CSCC2C(=O)Nc2ccc(C#N)cc2)no1. The van der Waals surface area contributed by atoms with Crippen LogP contribution in [0.25, 0.3) is 0 Å². The van der Waals surface area contributed by atoms with Gasteiger partial charge in [0.1, 0.15) is 11.8 Å². The van der Waals surface area contributed by atoms with Gasteiger partial charge in [0, 0.05) is 17.5 Å². The zero-order valence-electron chi connectivity index (χ0n) is 17.0. The lowest BCUT2D eigenvalue weighted by molar-refractivity contribution is -0.134. The highest BCUT2D eigenvalue weighted by Gasteiger charge is 2.35. The summed E-state index contributed by atoms with van der Waals surface area (Å²) in [6.45, 7) is 3.43. The highest BCUT2D eigenvalue weighted by Crippen LogP contribution is 2.24. The van der Waals surface area contributed by atoms with Crippen LogP contribution >= 0.6 is 23.5 Å². The van der Waals surface area contributed by atoms with Crippen molar-refractivity contribution < 1.29 is 18.9 Å². The van der Waals surface area contributed by atoms with Crippen molar-refractivity contribution in [3.8, 4) is 6.07 Å². The molecular formula is C20H21N5O4S2. The molecule has 3 rings (SSSR count). The summed E-state index contributed by atoms with van der Waals surface area (Å²) in [6, 6.07) is 9.58. The molecule has 2 aromatic rings. The lowest BCUT2D eigenvalue weighted by Crippen LogP contribution is -2.45. The van der Waals surface area contributed by atoms with E-state index in [1.807, 2.05) is 6.07 Å². The molecule has 0 spiro atoms. The maximum atomic E-state index is 12.7. The van der Waals surface area contributed by atoms with Crippen molar-refractivity contribution in [2.45, 2.75) is 25.1 Å². The normalized spacial score (nSPS) is 16.4. The van der Waals surface area contributed by atoms with E-state index in [-0.39, 0.29) is 23.5 Å². The summed E-state index contributed by atoms with van der Waals surface area (Å²) >= 11 is 2.70. The molecule has 2 heterocycles. The second kappa shape index (κ2) is 10.4. The molecule has 0 aliphatic carbocycles. The maximum absolute atomic E-state index is 12.7. The fraction of sp³-hybridized carbons (Fsp3) is 0.350. The number of aryl methyl sites for hydroxylation is 1. The van der Waals surface area contributed by atoms with Gasteiger partial charge in [-0.25, -0.2) is 0 Å². The van der Waals surface area contributed by atoms with Gasteiger partial charge in [-0.2, -0.15) is 5.26 Å². The third-order valence-corrected chi connectivity index (χ3v) is 6.63. The smallest absolute Gasteiger partial charge is 0.248 e. The zero-order valence-corrected chi connectivity index (χ0v) is 18.6.